The van der Waals surface area contributed by atoms with Gasteiger partial charge in [-0.3, -0.25) is 0 Å². The summed E-state index contributed by atoms with van der Waals surface area (Å²) < 4.78 is 0. The van der Waals surface area contributed by atoms with Gasteiger partial charge in [0, 0.05) is 6.08 Å². The number of carbonyl (C=O) groups is 1. The first-order valence-corrected chi connectivity index (χ1v) is 1.56. The Bertz CT molecular complexity index is 84.9. The first kappa shape index (κ1) is 6.17. The molecule has 0 bridgehead atoms. The molecular formula is C4H4O3. The van der Waals surface area contributed by atoms with Gasteiger partial charge in [-0.2, -0.15) is 0 Å². The van der Waals surface area contributed by atoms with Crippen molar-refractivity contribution in [2.45, 2.75) is 0 Å². The first-order chi connectivity index (χ1) is 3.27. The minimum Gasteiger partial charge on any atom is -0.478 e. The Kier molecular flexibility index (Phi) is 2.96. The SMILES string of the molecule is O=C(O)/C=C/[C]O. The van der Waals surface area contributed by atoms with Gasteiger partial charge in [0.05, 0.1) is 0 Å². The summed E-state index contributed by atoms with van der Waals surface area (Å²) in [5.41, 5.74) is 0. The molecule has 3 nitrogen and oxygen atoms in total. The van der Waals surface area contributed by atoms with Crippen molar-refractivity contribution in [1.29, 1.82) is 0 Å². The average molecular weight is 100 g/mol. The van der Waals surface area contributed by atoms with Crippen LogP contribution in [0.15, 0.2) is 12.2 Å². The highest BCUT2D eigenvalue weighted by Gasteiger charge is 1.80. The molecule has 0 spiro atoms. The summed E-state index contributed by atoms with van der Waals surface area (Å²) >= 11 is 0. The second kappa shape index (κ2) is 3.36. The van der Waals surface area contributed by atoms with Crippen molar-refractivity contribution in [3.05, 3.63) is 18.8 Å². The lowest BCUT2D eigenvalue weighted by Gasteiger charge is -1.72. The Morgan fingerprint density at radius 1 is 1.71 bits per heavy atom. The maximum absolute atomic E-state index is 9.52. The topological polar surface area (TPSA) is 57.5 Å². The van der Waals surface area contributed by atoms with Crippen LogP contribution in [0.25, 0.3) is 0 Å². The van der Waals surface area contributed by atoms with E-state index in [0.29, 0.717) is 0 Å². The van der Waals surface area contributed by atoms with Gasteiger partial charge in [0.2, 0.25) is 0 Å². The largest absolute Gasteiger partial charge is 0.478 e. The van der Waals surface area contributed by atoms with E-state index in [-0.39, 0.29) is 0 Å². The molecule has 0 amide bonds. The average Bonchev–Trinajstić information content (AvgIpc) is 1.61. The van der Waals surface area contributed by atoms with Crippen LogP contribution < -0.4 is 0 Å². The van der Waals surface area contributed by atoms with E-state index in [2.05, 4.69) is 0 Å². The van der Waals surface area contributed by atoms with Gasteiger partial charge in [-0.1, -0.05) is 0 Å². The lowest BCUT2D eigenvalue weighted by molar-refractivity contribution is -0.131. The van der Waals surface area contributed by atoms with E-state index in [0.717, 1.165) is 12.2 Å². The molecule has 0 rings (SSSR count). The molecule has 2 N–H and O–H groups in total. The van der Waals surface area contributed by atoms with Gasteiger partial charge in [0.25, 0.3) is 0 Å². The van der Waals surface area contributed by atoms with Crippen molar-refractivity contribution in [1.82, 2.24) is 0 Å². The molecule has 0 aliphatic heterocycles. The van der Waals surface area contributed by atoms with E-state index in [4.69, 9.17) is 10.2 Å². The molecule has 0 atom stereocenters. The zero-order valence-electron chi connectivity index (χ0n) is 3.46. The molecule has 38 valence electrons. The number of rotatable bonds is 2. The lowest BCUT2D eigenvalue weighted by Crippen LogP contribution is -1.84. The second-order valence-electron chi connectivity index (χ2n) is 0.801. The predicted octanol–water partition coefficient (Wildman–Crippen LogP) is 0.0385. The standard InChI is InChI=1S/C4H4O3/c5-3-1-2-4(6)7/h1-2,5H,(H,6,7)/b2-1+. The maximum atomic E-state index is 9.52. The number of hydrogen-bond acceptors (Lipinski definition) is 2. The van der Waals surface area contributed by atoms with Crippen LogP contribution in [0, 0.1) is 6.61 Å². The Morgan fingerprint density at radius 2 is 2.29 bits per heavy atom. The van der Waals surface area contributed by atoms with Gasteiger partial charge in [0.1, 0.15) is 0 Å². The molecule has 0 heterocycles. The van der Waals surface area contributed by atoms with Crippen LogP contribution in [0.2, 0.25) is 0 Å². The molecule has 0 aromatic rings. The summed E-state index contributed by atoms with van der Waals surface area (Å²) in [5, 5.41) is 15.5. The van der Waals surface area contributed by atoms with Gasteiger partial charge in [0.15, 0.2) is 6.61 Å². The van der Waals surface area contributed by atoms with Gasteiger partial charge in [-0.25, -0.2) is 4.79 Å². The van der Waals surface area contributed by atoms with Gasteiger partial charge >= 0.3 is 5.97 Å². The molecule has 7 heavy (non-hydrogen) atoms. The number of aliphatic hydroxyl groups is 1. The smallest absolute Gasteiger partial charge is 0.328 e. The van der Waals surface area contributed by atoms with Crippen molar-refractivity contribution in [3.8, 4) is 0 Å². The highest BCUT2D eigenvalue weighted by atomic mass is 16.4. The van der Waals surface area contributed by atoms with E-state index in [1.165, 1.54) is 6.61 Å². The highest BCUT2D eigenvalue weighted by molar-refractivity contribution is 5.79. The van der Waals surface area contributed by atoms with E-state index < -0.39 is 5.97 Å². The minimum absolute atomic E-state index is 0.778. The molecule has 2 radical (unpaired) electrons. The monoisotopic (exact) mass is 100 g/mol. The van der Waals surface area contributed by atoms with E-state index in [1.807, 2.05) is 0 Å². The lowest BCUT2D eigenvalue weighted by atomic mass is 10.5. The third-order valence-corrected chi connectivity index (χ3v) is 0.300. The van der Waals surface area contributed by atoms with Crippen molar-refractivity contribution >= 4 is 5.97 Å². The summed E-state index contributed by atoms with van der Waals surface area (Å²) in [6.45, 7) is 1.54. The molecule has 0 saturated carbocycles. The third-order valence-electron chi connectivity index (χ3n) is 0.300. The molecule has 0 fully saturated rings. The van der Waals surface area contributed by atoms with Crippen molar-refractivity contribution in [2.24, 2.45) is 0 Å². The van der Waals surface area contributed by atoms with Gasteiger partial charge in [-0.05, 0) is 6.08 Å². The summed E-state index contributed by atoms with van der Waals surface area (Å²) in [6.07, 6.45) is 1.68. The summed E-state index contributed by atoms with van der Waals surface area (Å²) in [4.78, 5) is 9.52. The second-order valence-corrected chi connectivity index (χ2v) is 0.801. The zero-order chi connectivity index (χ0) is 5.70. The van der Waals surface area contributed by atoms with Crippen LogP contribution in [0.1, 0.15) is 0 Å². The predicted molar refractivity (Wildman–Crippen MR) is 22.0 cm³/mol. The molecule has 0 aromatic carbocycles. The summed E-state index contributed by atoms with van der Waals surface area (Å²) in [5.74, 6) is -1.10. The minimum atomic E-state index is -1.10. The van der Waals surface area contributed by atoms with Crippen molar-refractivity contribution in [3.63, 3.8) is 0 Å². The van der Waals surface area contributed by atoms with Gasteiger partial charge in [-0.15, -0.1) is 0 Å². The van der Waals surface area contributed by atoms with Crippen molar-refractivity contribution in [2.75, 3.05) is 0 Å². The number of hydrogen-bond donors (Lipinski definition) is 2. The molecule has 0 aliphatic carbocycles. The van der Waals surface area contributed by atoms with Crippen LogP contribution in [0.5, 0.6) is 0 Å². The fraction of sp³-hybridized carbons (Fsp3) is 0. The van der Waals surface area contributed by atoms with Crippen LogP contribution in [0.3, 0.4) is 0 Å². The Balaban J connectivity index is 3.26. The number of aliphatic carboxylic acids is 1. The van der Waals surface area contributed by atoms with E-state index >= 15 is 0 Å². The molecule has 3 heteroatoms. The van der Waals surface area contributed by atoms with Gasteiger partial charge < -0.3 is 10.2 Å². The molecule has 0 aromatic heterocycles. The molecule has 0 unspecified atom stereocenters. The fourth-order valence-corrected chi connectivity index (χ4v) is 0.109. The molecule has 0 aliphatic rings. The van der Waals surface area contributed by atoms with Crippen LogP contribution in [0.4, 0.5) is 0 Å². The maximum Gasteiger partial charge on any atom is 0.328 e. The van der Waals surface area contributed by atoms with Crippen LogP contribution in [-0.4, -0.2) is 16.2 Å². The quantitative estimate of drug-likeness (QED) is 0.481. The molecule has 0 saturated heterocycles. The first-order valence-electron chi connectivity index (χ1n) is 1.56. The van der Waals surface area contributed by atoms with Crippen molar-refractivity contribution < 1.29 is 15.0 Å². The summed E-state index contributed by atoms with van der Waals surface area (Å²) in [6, 6.07) is 0. The van der Waals surface area contributed by atoms with Crippen LogP contribution in [-0.2, 0) is 4.79 Å². The fourth-order valence-electron chi connectivity index (χ4n) is 0.109. The summed E-state index contributed by atoms with van der Waals surface area (Å²) in [7, 11) is 0. The van der Waals surface area contributed by atoms with E-state index in [9.17, 15) is 4.79 Å². The number of carboxylic acid groups (broad SMARTS) is 1. The Labute approximate surface area is 40.9 Å². The molecular weight excluding hydrogens is 96.0 g/mol. The Hall–Kier alpha value is -0.830. The normalized spacial score (nSPS) is 9.86. The van der Waals surface area contributed by atoms with E-state index in [1.54, 1.807) is 0 Å². The zero-order valence-corrected chi connectivity index (χ0v) is 3.46. The third kappa shape index (κ3) is 5.17. The van der Waals surface area contributed by atoms with Crippen LogP contribution >= 0.6 is 0 Å². The number of carboxylic acids is 1. The highest BCUT2D eigenvalue weighted by Crippen LogP contribution is 1.72. The Morgan fingerprint density at radius 3 is 2.43 bits per heavy atom. The number of aliphatic hydroxyl groups excluding tert-OH is 1.